The van der Waals surface area contributed by atoms with Crippen molar-refractivity contribution in [3.05, 3.63) is 74.9 Å². The van der Waals surface area contributed by atoms with Crippen LogP contribution in [0.1, 0.15) is 11.1 Å². The van der Waals surface area contributed by atoms with Gasteiger partial charge < -0.3 is 0 Å². The summed E-state index contributed by atoms with van der Waals surface area (Å²) in [6.45, 7) is 0. The van der Waals surface area contributed by atoms with Crippen molar-refractivity contribution in [2.45, 2.75) is 12.8 Å². The summed E-state index contributed by atoms with van der Waals surface area (Å²) in [6.07, 6.45) is 1.73. The molecule has 2 aromatic carbocycles. The van der Waals surface area contributed by atoms with Gasteiger partial charge in [-0.3, -0.25) is 10.1 Å². The summed E-state index contributed by atoms with van der Waals surface area (Å²) in [5.74, 6) is 0.477. The lowest BCUT2D eigenvalue weighted by atomic mass is 9.90. The third kappa shape index (κ3) is 2.43. The molecule has 0 aliphatic heterocycles. The second kappa shape index (κ2) is 5.69. The van der Waals surface area contributed by atoms with Gasteiger partial charge in [0.1, 0.15) is 5.15 Å². The van der Waals surface area contributed by atoms with Gasteiger partial charge in [0.25, 0.3) is 5.69 Å². The molecule has 0 unspecified atom stereocenters. The molecule has 1 aliphatic carbocycles. The number of aryl methyl sites for hydroxylation is 1. The number of aromatic nitrogens is 2. The minimum Gasteiger partial charge on any atom is -0.258 e. The standard InChI is InChI=1S/C18H12ClN3O2/c19-17-15-10-7-11-3-1-2-4-14(11)16(15)20-18(21-17)12-5-8-13(9-6-12)22(23)24/h1-6,8-9H,7,10H2. The number of nitro groups is 1. The van der Waals surface area contributed by atoms with Gasteiger partial charge in [-0.1, -0.05) is 35.9 Å². The summed E-state index contributed by atoms with van der Waals surface area (Å²) in [5.41, 5.74) is 4.87. The Morgan fingerprint density at radius 3 is 2.50 bits per heavy atom. The molecule has 1 heterocycles. The van der Waals surface area contributed by atoms with Crippen LogP contribution in [0.15, 0.2) is 48.5 Å². The maximum Gasteiger partial charge on any atom is 0.269 e. The monoisotopic (exact) mass is 337 g/mol. The van der Waals surface area contributed by atoms with Crippen molar-refractivity contribution < 1.29 is 4.92 Å². The third-order valence-electron chi connectivity index (χ3n) is 4.21. The molecule has 0 fully saturated rings. The topological polar surface area (TPSA) is 68.9 Å². The van der Waals surface area contributed by atoms with E-state index in [1.54, 1.807) is 12.1 Å². The Hall–Kier alpha value is -2.79. The van der Waals surface area contributed by atoms with Crippen molar-refractivity contribution in [2.75, 3.05) is 0 Å². The molecule has 0 bridgehead atoms. The molecule has 6 heteroatoms. The predicted molar refractivity (Wildman–Crippen MR) is 92.0 cm³/mol. The Bertz CT molecular complexity index is 955. The Morgan fingerprint density at radius 2 is 1.75 bits per heavy atom. The molecular formula is C18H12ClN3O2. The fourth-order valence-electron chi connectivity index (χ4n) is 2.99. The fourth-order valence-corrected chi connectivity index (χ4v) is 3.26. The first-order valence-electron chi connectivity index (χ1n) is 7.53. The first-order chi connectivity index (χ1) is 11.6. The number of halogens is 1. The van der Waals surface area contributed by atoms with Crippen LogP contribution >= 0.6 is 11.6 Å². The Labute approximate surface area is 143 Å². The summed E-state index contributed by atoms with van der Waals surface area (Å²) in [4.78, 5) is 19.4. The molecule has 4 rings (SSSR count). The summed E-state index contributed by atoms with van der Waals surface area (Å²) in [7, 11) is 0. The lowest BCUT2D eigenvalue weighted by Gasteiger charge is -2.20. The van der Waals surface area contributed by atoms with Crippen molar-refractivity contribution in [3.8, 4) is 22.6 Å². The van der Waals surface area contributed by atoms with Gasteiger partial charge in [0, 0.05) is 28.8 Å². The van der Waals surface area contributed by atoms with Crippen LogP contribution in [0.5, 0.6) is 0 Å². The number of hydrogen-bond donors (Lipinski definition) is 0. The van der Waals surface area contributed by atoms with E-state index < -0.39 is 4.92 Å². The van der Waals surface area contributed by atoms with E-state index in [4.69, 9.17) is 16.6 Å². The summed E-state index contributed by atoms with van der Waals surface area (Å²) in [6, 6.07) is 14.3. The minimum absolute atomic E-state index is 0.0353. The number of hydrogen-bond acceptors (Lipinski definition) is 4. The molecule has 0 saturated heterocycles. The highest BCUT2D eigenvalue weighted by Crippen LogP contribution is 2.36. The van der Waals surface area contributed by atoms with Crippen LogP contribution in [0.2, 0.25) is 5.15 Å². The smallest absolute Gasteiger partial charge is 0.258 e. The highest BCUT2D eigenvalue weighted by molar-refractivity contribution is 6.30. The third-order valence-corrected chi connectivity index (χ3v) is 4.52. The molecule has 1 aromatic heterocycles. The molecule has 3 aromatic rings. The van der Waals surface area contributed by atoms with Crippen LogP contribution in [-0.4, -0.2) is 14.9 Å². The largest absolute Gasteiger partial charge is 0.269 e. The molecule has 0 saturated carbocycles. The van der Waals surface area contributed by atoms with Crippen molar-refractivity contribution in [1.82, 2.24) is 9.97 Å². The van der Waals surface area contributed by atoms with Gasteiger partial charge in [-0.05, 0) is 30.5 Å². The maximum atomic E-state index is 10.8. The van der Waals surface area contributed by atoms with Crippen LogP contribution in [-0.2, 0) is 12.8 Å². The highest BCUT2D eigenvalue weighted by Gasteiger charge is 2.22. The van der Waals surface area contributed by atoms with Crippen LogP contribution in [0.25, 0.3) is 22.6 Å². The van der Waals surface area contributed by atoms with Gasteiger partial charge >= 0.3 is 0 Å². The number of fused-ring (bicyclic) bond motifs is 3. The summed E-state index contributed by atoms with van der Waals surface area (Å²) in [5, 5.41) is 11.2. The number of benzene rings is 2. The average molecular weight is 338 g/mol. The van der Waals surface area contributed by atoms with Gasteiger partial charge in [-0.15, -0.1) is 0 Å². The van der Waals surface area contributed by atoms with E-state index in [1.165, 1.54) is 17.7 Å². The van der Waals surface area contributed by atoms with Crippen LogP contribution in [0, 0.1) is 10.1 Å². The second-order valence-electron chi connectivity index (χ2n) is 5.63. The lowest BCUT2D eigenvalue weighted by molar-refractivity contribution is -0.384. The Morgan fingerprint density at radius 1 is 1.00 bits per heavy atom. The molecular weight excluding hydrogens is 326 g/mol. The molecule has 1 aliphatic rings. The molecule has 0 atom stereocenters. The fraction of sp³-hybridized carbons (Fsp3) is 0.111. The predicted octanol–water partition coefficient (Wildman–Crippen LogP) is 4.47. The molecule has 5 nitrogen and oxygen atoms in total. The van der Waals surface area contributed by atoms with Gasteiger partial charge in [0.15, 0.2) is 5.82 Å². The molecule has 118 valence electrons. The Balaban J connectivity index is 1.85. The summed E-state index contributed by atoms with van der Waals surface area (Å²) >= 11 is 6.39. The number of non-ortho nitro benzene ring substituents is 1. The van der Waals surface area contributed by atoms with Crippen molar-refractivity contribution >= 4 is 17.3 Å². The average Bonchev–Trinajstić information content (AvgIpc) is 2.61. The first-order valence-corrected chi connectivity index (χ1v) is 7.91. The first kappa shape index (κ1) is 14.8. The second-order valence-corrected chi connectivity index (χ2v) is 5.98. The molecule has 0 spiro atoms. The van der Waals surface area contributed by atoms with E-state index in [0.29, 0.717) is 16.5 Å². The van der Waals surface area contributed by atoms with Crippen molar-refractivity contribution in [2.24, 2.45) is 0 Å². The van der Waals surface area contributed by atoms with Gasteiger partial charge in [-0.2, -0.15) is 0 Å². The van der Waals surface area contributed by atoms with E-state index in [0.717, 1.165) is 29.7 Å². The van der Waals surface area contributed by atoms with Crippen LogP contribution in [0.4, 0.5) is 5.69 Å². The Kier molecular flexibility index (Phi) is 3.50. The molecule has 0 amide bonds. The quantitative estimate of drug-likeness (QED) is 0.393. The van der Waals surface area contributed by atoms with Gasteiger partial charge in [0.05, 0.1) is 10.6 Å². The lowest BCUT2D eigenvalue weighted by Crippen LogP contribution is -2.08. The zero-order valence-electron chi connectivity index (χ0n) is 12.6. The van der Waals surface area contributed by atoms with E-state index in [9.17, 15) is 10.1 Å². The van der Waals surface area contributed by atoms with Crippen molar-refractivity contribution in [3.63, 3.8) is 0 Å². The number of nitrogens with zero attached hydrogens (tertiary/aromatic N) is 3. The zero-order valence-corrected chi connectivity index (χ0v) is 13.3. The van der Waals surface area contributed by atoms with E-state index in [-0.39, 0.29) is 5.69 Å². The molecule has 0 radical (unpaired) electrons. The molecule has 0 N–H and O–H groups in total. The van der Waals surface area contributed by atoms with E-state index >= 15 is 0 Å². The van der Waals surface area contributed by atoms with Gasteiger partial charge in [-0.25, -0.2) is 9.97 Å². The minimum atomic E-state index is -0.430. The number of rotatable bonds is 2. The van der Waals surface area contributed by atoms with E-state index in [1.807, 2.05) is 18.2 Å². The maximum absolute atomic E-state index is 10.8. The van der Waals surface area contributed by atoms with Crippen molar-refractivity contribution in [1.29, 1.82) is 0 Å². The van der Waals surface area contributed by atoms with E-state index in [2.05, 4.69) is 11.1 Å². The molecule has 24 heavy (non-hydrogen) atoms. The summed E-state index contributed by atoms with van der Waals surface area (Å²) < 4.78 is 0. The normalized spacial score (nSPS) is 12.4. The van der Waals surface area contributed by atoms with Crippen LogP contribution < -0.4 is 0 Å². The van der Waals surface area contributed by atoms with Gasteiger partial charge in [0.2, 0.25) is 0 Å². The SMILES string of the molecule is O=[N+]([O-])c1ccc(-c2nc(Cl)c3c(n2)-c2ccccc2CC3)cc1. The van der Waals surface area contributed by atoms with Crippen LogP contribution in [0.3, 0.4) is 0 Å². The highest BCUT2D eigenvalue weighted by atomic mass is 35.5. The zero-order chi connectivity index (χ0) is 16.7. The number of nitro benzene ring substituents is 1.